The Balaban J connectivity index is 1.10. The minimum atomic E-state index is -3.11. The van der Waals surface area contributed by atoms with Crippen LogP contribution in [0.5, 0.6) is 11.5 Å². The molecule has 1 unspecified atom stereocenters. The number of hydrogen-bond acceptors (Lipinski definition) is 11. The molecule has 2 aromatic heterocycles. The second kappa shape index (κ2) is 15.6. The highest BCUT2D eigenvalue weighted by Gasteiger charge is 2.26. The average molecular weight is 775 g/mol. The van der Waals surface area contributed by atoms with Crippen molar-refractivity contribution in [3.05, 3.63) is 82.9 Å². The van der Waals surface area contributed by atoms with Crippen molar-refractivity contribution in [1.82, 2.24) is 20.2 Å². The maximum atomic E-state index is 13.4. The number of esters is 1. The van der Waals surface area contributed by atoms with Crippen molar-refractivity contribution in [2.24, 2.45) is 0 Å². The molecule has 0 radical (unpaired) electrons. The first kappa shape index (κ1) is 37.4. The molecule has 8 rings (SSSR count). The Kier molecular flexibility index (Phi) is 10.4. The number of aliphatic hydroxyl groups excluding tert-OH is 1. The van der Waals surface area contributed by atoms with Gasteiger partial charge in [0.15, 0.2) is 11.2 Å². The van der Waals surface area contributed by atoms with Gasteiger partial charge < -0.3 is 33.5 Å². The Morgan fingerprint density at radius 3 is 1.91 bits per heavy atom. The van der Waals surface area contributed by atoms with Crippen LogP contribution in [0.3, 0.4) is 0 Å². The van der Waals surface area contributed by atoms with Gasteiger partial charge in [0.1, 0.15) is 35.2 Å². The Bertz CT molecular complexity index is 2410. The number of ether oxygens (including phenoxy) is 3. The summed E-state index contributed by atoms with van der Waals surface area (Å²) in [7, 11) is 0. The van der Waals surface area contributed by atoms with Crippen molar-refractivity contribution in [1.29, 1.82) is 0 Å². The first-order valence-electron chi connectivity index (χ1n) is 18.3. The Hall–Kier alpha value is -5.51. The van der Waals surface area contributed by atoms with Crippen LogP contribution in [0.2, 0.25) is 0 Å². The van der Waals surface area contributed by atoms with Gasteiger partial charge in [-0.2, -0.15) is 17.6 Å². The van der Waals surface area contributed by atoms with Gasteiger partial charge >= 0.3 is 19.2 Å². The zero-order chi connectivity index (χ0) is 39.1. The number of fused-ring (bicyclic) bond motifs is 2. The summed E-state index contributed by atoms with van der Waals surface area (Å²) >= 11 is 0. The number of carbonyl (C=O) groups is 1. The molecule has 2 atom stereocenters. The van der Waals surface area contributed by atoms with Crippen LogP contribution in [0.15, 0.2) is 69.5 Å². The van der Waals surface area contributed by atoms with Crippen LogP contribution in [-0.2, 0) is 22.7 Å². The first-order valence-corrected chi connectivity index (χ1v) is 18.3. The number of aromatic nitrogens is 2. The number of likely N-dealkylation sites (tertiary alicyclic amines) is 1. The quantitative estimate of drug-likeness (QED) is 0.0923. The van der Waals surface area contributed by atoms with E-state index in [0.29, 0.717) is 72.6 Å². The van der Waals surface area contributed by atoms with Crippen molar-refractivity contribution in [3.63, 3.8) is 0 Å². The van der Waals surface area contributed by atoms with Crippen molar-refractivity contribution in [2.75, 3.05) is 19.6 Å². The summed E-state index contributed by atoms with van der Waals surface area (Å²) < 4.78 is 81.0. The fourth-order valence-electron chi connectivity index (χ4n) is 7.53. The predicted molar refractivity (Wildman–Crippen MR) is 197 cm³/mol. The minimum Gasteiger partial charge on any atom is -0.460 e. The Labute approximate surface area is 318 Å². The summed E-state index contributed by atoms with van der Waals surface area (Å²) in [5, 5.41) is 13.0. The van der Waals surface area contributed by atoms with E-state index in [1.54, 1.807) is 6.07 Å². The number of nitrogens with zero attached hydrogens (tertiary/aromatic N) is 3. The maximum Gasteiger partial charge on any atom is 0.387 e. The molecule has 0 bridgehead atoms. The third-order valence-electron chi connectivity index (χ3n) is 10.3. The summed E-state index contributed by atoms with van der Waals surface area (Å²) in [6.07, 6.45) is 1.62. The molecular formula is C41H38F4N4O7. The Morgan fingerprint density at radius 2 is 1.39 bits per heavy atom. The van der Waals surface area contributed by atoms with Crippen LogP contribution in [-0.4, -0.2) is 70.9 Å². The lowest BCUT2D eigenvalue weighted by molar-refractivity contribution is -0.147. The van der Waals surface area contributed by atoms with Gasteiger partial charge in [0.25, 0.3) is 0 Å². The number of oxazole rings is 2. The van der Waals surface area contributed by atoms with Crippen molar-refractivity contribution in [2.45, 2.75) is 71.6 Å². The van der Waals surface area contributed by atoms with Gasteiger partial charge in [-0.3, -0.25) is 9.69 Å². The van der Waals surface area contributed by atoms with Crippen LogP contribution in [0.25, 0.3) is 56.2 Å². The minimum absolute atomic E-state index is 0.0111. The van der Waals surface area contributed by atoms with E-state index >= 15 is 0 Å². The normalized spacial score (nSPS) is 17.5. The van der Waals surface area contributed by atoms with E-state index in [2.05, 4.69) is 10.3 Å². The lowest BCUT2D eigenvalue weighted by Gasteiger charge is -2.17. The van der Waals surface area contributed by atoms with E-state index < -0.39 is 31.3 Å². The van der Waals surface area contributed by atoms with Gasteiger partial charge in [0, 0.05) is 54.0 Å². The molecule has 0 amide bonds. The average Bonchev–Trinajstić information content (AvgIpc) is 3.98. The number of hydrogen-bond donors (Lipinski definition) is 2. The zero-order valence-electron chi connectivity index (χ0n) is 30.5. The molecule has 2 aliphatic heterocycles. The standard InChI is InChI=1S/C41H38F4N4O7/c1-21-26(6-3-8-28(21)37-47-31-14-23(18-49-13-11-25(50)19-49)33(55-40(42)43)16-35(31)53-37)27-7-4-9-29(22(27)2)38-48-32-15-24(20-52-39(51)30-10-5-12-46-30)34(56-41(44)45)17-36(32)54-38/h3-4,6-9,14-17,25,30,40-41,46,50H,5,10-13,18-20H2,1-2H3/t25?,30-/m0/s1. The summed E-state index contributed by atoms with van der Waals surface area (Å²) in [5.41, 5.74) is 6.82. The van der Waals surface area contributed by atoms with Gasteiger partial charge in [0.05, 0.1) is 6.10 Å². The van der Waals surface area contributed by atoms with E-state index in [1.165, 1.54) is 18.2 Å². The number of halogens is 4. The van der Waals surface area contributed by atoms with Crippen LogP contribution >= 0.6 is 0 Å². The molecule has 0 saturated carbocycles. The van der Waals surface area contributed by atoms with Crippen LogP contribution < -0.4 is 14.8 Å². The molecule has 0 aliphatic carbocycles. The lowest BCUT2D eigenvalue weighted by atomic mass is 9.91. The van der Waals surface area contributed by atoms with Gasteiger partial charge in [-0.05, 0) is 86.2 Å². The molecule has 2 N–H and O–H groups in total. The van der Waals surface area contributed by atoms with E-state index in [0.717, 1.165) is 28.7 Å². The molecular weight excluding hydrogens is 736 g/mol. The molecule has 4 heterocycles. The lowest BCUT2D eigenvalue weighted by Crippen LogP contribution is -2.32. The molecule has 2 saturated heterocycles. The van der Waals surface area contributed by atoms with Crippen LogP contribution in [0.1, 0.15) is 41.5 Å². The third-order valence-corrected chi connectivity index (χ3v) is 10.3. The SMILES string of the molecule is Cc1c(-c2nc3cc(COC(=O)[C@@H]4CCCN4)c(OC(F)F)cc3o2)cccc1-c1cccc(-c2nc3cc(CN4CCC(O)C4)c(OC(F)F)cc3o2)c1C. The molecule has 0 spiro atoms. The van der Waals surface area contributed by atoms with Crippen molar-refractivity contribution < 1.29 is 50.5 Å². The number of rotatable bonds is 12. The van der Waals surface area contributed by atoms with E-state index in [4.69, 9.17) is 28.0 Å². The van der Waals surface area contributed by atoms with Gasteiger partial charge in [-0.1, -0.05) is 24.3 Å². The molecule has 15 heteroatoms. The highest BCUT2D eigenvalue weighted by molar-refractivity contribution is 5.85. The number of nitrogens with one attached hydrogen (secondary N) is 1. The number of aliphatic hydroxyl groups is 1. The topological polar surface area (TPSA) is 132 Å². The van der Waals surface area contributed by atoms with E-state index in [1.807, 2.05) is 55.1 Å². The molecule has 4 aromatic carbocycles. The third kappa shape index (κ3) is 7.66. The van der Waals surface area contributed by atoms with Gasteiger partial charge in [-0.15, -0.1) is 0 Å². The highest BCUT2D eigenvalue weighted by Crippen LogP contribution is 2.39. The number of β-amino-alcohol motifs (C(OH)–C–C–N with tert-alkyl or cyclic N) is 1. The zero-order valence-corrected chi connectivity index (χ0v) is 30.5. The second-order valence-corrected chi connectivity index (χ2v) is 14.0. The van der Waals surface area contributed by atoms with Gasteiger partial charge in [0.2, 0.25) is 11.8 Å². The second-order valence-electron chi connectivity index (χ2n) is 14.0. The molecule has 11 nitrogen and oxygen atoms in total. The van der Waals surface area contributed by atoms with Crippen LogP contribution in [0.4, 0.5) is 17.6 Å². The van der Waals surface area contributed by atoms with Crippen LogP contribution in [0, 0.1) is 13.8 Å². The number of carbonyl (C=O) groups excluding carboxylic acids is 1. The summed E-state index contributed by atoms with van der Waals surface area (Å²) in [4.78, 5) is 23.9. The monoisotopic (exact) mass is 774 g/mol. The fourth-order valence-corrected chi connectivity index (χ4v) is 7.53. The number of benzene rings is 4. The largest absolute Gasteiger partial charge is 0.460 e. The molecule has 2 fully saturated rings. The van der Waals surface area contributed by atoms with E-state index in [9.17, 15) is 27.5 Å². The number of alkyl halides is 4. The van der Waals surface area contributed by atoms with E-state index in [-0.39, 0.29) is 40.7 Å². The Morgan fingerprint density at radius 1 is 0.839 bits per heavy atom. The van der Waals surface area contributed by atoms with Crippen molar-refractivity contribution in [3.8, 4) is 45.5 Å². The highest BCUT2D eigenvalue weighted by atomic mass is 19.3. The maximum absolute atomic E-state index is 13.4. The predicted octanol–water partition coefficient (Wildman–Crippen LogP) is 8.15. The molecule has 2 aliphatic rings. The fraction of sp³-hybridized carbons (Fsp3) is 0.341. The van der Waals surface area contributed by atoms with Gasteiger partial charge in [-0.25, -0.2) is 9.97 Å². The summed E-state index contributed by atoms with van der Waals surface area (Å²) in [5.74, 6) is -0.109. The van der Waals surface area contributed by atoms with Crippen molar-refractivity contribution >= 4 is 28.2 Å². The molecule has 292 valence electrons. The summed E-state index contributed by atoms with van der Waals surface area (Å²) in [6, 6.07) is 16.9. The smallest absolute Gasteiger partial charge is 0.387 e. The first-order chi connectivity index (χ1) is 27.0. The molecule has 56 heavy (non-hydrogen) atoms. The molecule has 6 aromatic rings. The summed E-state index contributed by atoms with van der Waals surface area (Å²) in [6.45, 7) is -0.496.